The maximum absolute atomic E-state index is 5.71. The van der Waals surface area contributed by atoms with Crippen LogP contribution in [0.15, 0.2) is 0 Å². The summed E-state index contributed by atoms with van der Waals surface area (Å²) in [7, 11) is 0. The van der Waals surface area contributed by atoms with Crippen molar-refractivity contribution in [3.05, 3.63) is 0 Å². The molecule has 1 aliphatic carbocycles. The molecule has 1 saturated heterocycles. The Morgan fingerprint density at radius 3 is 2.63 bits per heavy atom. The van der Waals surface area contributed by atoms with Crippen LogP contribution in [-0.2, 0) is 4.74 Å². The highest BCUT2D eigenvalue weighted by molar-refractivity contribution is 5.04. The summed E-state index contributed by atoms with van der Waals surface area (Å²) in [5.74, 6) is 0.911. The van der Waals surface area contributed by atoms with Crippen molar-refractivity contribution < 1.29 is 4.74 Å². The van der Waals surface area contributed by atoms with Crippen LogP contribution in [0, 0.1) is 5.92 Å². The van der Waals surface area contributed by atoms with E-state index in [1.54, 1.807) is 0 Å². The molecule has 0 radical (unpaired) electrons. The summed E-state index contributed by atoms with van der Waals surface area (Å²) in [4.78, 5) is 2.72. The molecule has 2 unspecified atom stereocenters. The lowest BCUT2D eigenvalue weighted by atomic mass is 9.89. The third kappa shape index (κ3) is 3.93. The Balaban J connectivity index is 1.87. The fraction of sp³-hybridized carbons (Fsp3) is 1.00. The molecule has 3 heteroatoms. The molecule has 0 bridgehead atoms. The second-order valence-electron chi connectivity index (χ2n) is 6.56. The lowest BCUT2D eigenvalue weighted by molar-refractivity contribution is 0.00586. The van der Waals surface area contributed by atoms with Gasteiger partial charge in [0.05, 0.1) is 6.61 Å². The standard InChI is InChI=1S/C16H32N2O/c1-4-6-15-12-18(9-11-19-10-5-2)16(3,13-17-15)14-7-8-14/h14-15,17H,4-13H2,1-3H3. The van der Waals surface area contributed by atoms with Crippen molar-refractivity contribution in [2.24, 2.45) is 5.92 Å². The molecule has 2 fully saturated rings. The minimum atomic E-state index is 0.375. The predicted molar refractivity (Wildman–Crippen MR) is 80.5 cm³/mol. The molecule has 3 nitrogen and oxygen atoms in total. The summed E-state index contributed by atoms with van der Waals surface area (Å²) in [6, 6.07) is 0.683. The van der Waals surface area contributed by atoms with Gasteiger partial charge in [0.2, 0.25) is 0 Å². The molecule has 19 heavy (non-hydrogen) atoms. The Bertz CT molecular complexity index is 267. The molecule has 0 amide bonds. The van der Waals surface area contributed by atoms with Crippen LogP contribution >= 0.6 is 0 Å². The first kappa shape index (κ1) is 15.3. The summed E-state index contributed by atoms with van der Waals surface area (Å²) in [5, 5.41) is 3.78. The monoisotopic (exact) mass is 268 g/mol. The number of piperazine rings is 1. The summed E-state index contributed by atoms with van der Waals surface area (Å²) in [5.41, 5.74) is 0.375. The van der Waals surface area contributed by atoms with Crippen molar-refractivity contribution in [2.45, 2.75) is 64.5 Å². The van der Waals surface area contributed by atoms with E-state index in [9.17, 15) is 0 Å². The maximum atomic E-state index is 5.71. The van der Waals surface area contributed by atoms with Crippen molar-refractivity contribution in [3.63, 3.8) is 0 Å². The van der Waals surface area contributed by atoms with Gasteiger partial charge in [-0.1, -0.05) is 20.3 Å². The normalized spacial score (nSPS) is 32.7. The Hall–Kier alpha value is -0.120. The quantitative estimate of drug-likeness (QED) is 0.685. The number of nitrogens with zero attached hydrogens (tertiary/aromatic N) is 1. The van der Waals surface area contributed by atoms with Gasteiger partial charge in [0.25, 0.3) is 0 Å². The van der Waals surface area contributed by atoms with Gasteiger partial charge in [-0.05, 0) is 38.5 Å². The summed E-state index contributed by atoms with van der Waals surface area (Å²) in [6.07, 6.45) is 6.54. The van der Waals surface area contributed by atoms with Crippen molar-refractivity contribution in [2.75, 3.05) is 32.8 Å². The molecule has 1 N–H and O–H groups in total. The molecular weight excluding hydrogens is 236 g/mol. The van der Waals surface area contributed by atoms with E-state index in [-0.39, 0.29) is 0 Å². The van der Waals surface area contributed by atoms with Crippen molar-refractivity contribution in [1.29, 1.82) is 0 Å². The van der Waals surface area contributed by atoms with Crippen LogP contribution in [0.2, 0.25) is 0 Å². The average Bonchev–Trinajstić information content (AvgIpc) is 3.23. The first-order valence-electron chi connectivity index (χ1n) is 8.27. The van der Waals surface area contributed by atoms with Gasteiger partial charge in [-0.15, -0.1) is 0 Å². The average molecular weight is 268 g/mol. The number of rotatable bonds is 8. The van der Waals surface area contributed by atoms with Crippen molar-refractivity contribution in [3.8, 4) is 0 Å². The molecule has 0 aromatic carbocycles. The number of hydrogen-bond acceptors (Lipinski definition) is 3. The molecule has 0 spiro atoms. The molecule has 2 atom stereocenters. The van der Waals surface area contributed by atoms with Gasteiger partial charge in [-0.2, -0.15) is 0 Å². The SMILES string of the molecule is CCCOCCN1CC(CCC)NCC1(C)C1CC1. The predicted octanol–water partition coefficient (Wildman–Crippen LogP) is 2.66. The van der Waals surface area contributed by atoms with Crippen LogP contribution < -0.4 is 5.32 Å². The van der Waals surface area contributed by atoms with E-state index in [0.29, 0.717) is 11.6 Å². The smallest absolute Gasteiger partial charge is 0.0593 e. The van der Waals surface area contributed by atoms with E-state index in [2.05, 4.69) is 31.0 Å². The minimum absolute atomic E-state index is 0.375. The first-order valence-corrected chi connectivity index (χ1v) is 8.27. The largest absolute Gasteiger partial charge is 0.380 e. The molecule has 2 aliphatic rings. The molecule has 112 valence electrons. The van der Waals surface area contributed by atoms with E-state index < -0.39 is 0 Å². The lowest BCUT2D eigenvalue weighted by Gasteiger charge is -2.49. The van der Waals surface area contributed by atoms with Crippen LogP contribution in [0.5, 0.6) is 0 Å². The zero-order chi connectivity index (χ0) is 13.7. The van der Waals surface area contributed by atoms with Crippen LogP contribution in [-0.4, -0.2) is 49.3 Å². The van der Waals surface area contributed by atoms with E-state index >= 15 is 0 Å². The first-order chi connectivity index (χ1) is 9.20. The molecule has 0 aromatic heterocycles. The Morgan fingerprint density at radius 2 is 2.00 bits per heavy atom. The second kappa shape index (κ2) is 7.05. The van der Waals surface area contributed by atoms with Crippen molar-refractivity contribution >= 4 is 0 Å². The third-order valence-electron chi connectivity index (χ3n) is 4.86. The summed E-state index contributed by atoms with van der Waals surface area (Å²) in [6.45, 7) is 12.2. The molecule has 2 rings (SSSR count). The molecule has 1 saturated carbocycles. The topological polar surface area (TPSA) is 24.5 Å². The summed E-state index contributed by atoms with van der Waals surface area (Å²) < 4.78 is 5.71. The molecular formula is C16H32N2O. The Morgan fingerprint density at radius 1 is 1.21 bits per heavy atom. The van der Waals surface area contributed by atoms with Crippen LogP contribution in [0.4, 0.5) is 0 Å². The van der Waals surface area contributed by atoms with E-state index in [4.69, 9.17) is 4.74 Å². The van der Waals surface area contributed by atoms with Gasteiger partial charge < -0.3 is 10.1 Å². The van der Waals surface area contributed by atoms with Gasteiger partial charge in [0.1, 0.15) is 0 Å². The number of ether oxygens (including phenoxy) is 1. The van der Waals surface area contributed by atoms with Crippen LogP contribution in [0.3, 0.4) is 0 Å². The zero-order valence-corrected chi connectivity index (χ0v) is 13.1. The molecule has 1 heterocycles. The van der Waals surface area contributed by atoms with E-state index in [1.807, 2.05) is 0 Å². The number of hydrogen-bond donors (Lipinski definition) is 1. The van der Waals surface area contributed by atoms with Gasteiger partial charge >= 0.3 is 0 Å². The molecule has 1 aliphatic heterocycles. The highest BCUT2D eigenvalue weighted by Gasteiger charge is 2.47. The van der Waals surface area contributed by atoms with Crippen LogP contribution in [0.1, 0.15) is 52.9 Å². The fourth-order valence-corrected chi connectivity index (χ4v) is 3.42. The Labute approximate surface area is 119 Å². The maximum Gasteiger partial charge on any atom is 0.0593 e. The minimum Gasteiger partial charge on any atom is -0.380 e. The lowest BCUT2D eigenvalue weighted by Crippen LogP contribution is -2.64. The third-order valence-corrected chi connectivity index (χ3v) is 4.86. The van der Waals surface area contributed by atoms with Crippen molar-refractivity contribution in [1.82, 2.24) is 10.2 Å². The van der Waals surface area contributed by atoms with Gasteiger partial charge in [-0.25, -0.2) is 0 Å². The second-order valence-corrected chi connectivity index (χ2v) is 6.56. The van der Waals surface area contributed by atoms with Gasteiger partial charge in [-0.3, -0.25) is 4.90 Å². The fourth-order valence-electron chi connectivity index (χ4n) is 3.42. The highest BCUT2D eigenvalue weighted by Crippen LogP contribution is 2.44. The van der Waals surface area contributed by atoms with Gasteiger partial charge in [0.15, 0.2) is 0 Å². The van der Waals surface area contributed by atoms with E-state index in [0.717, 1.165) is 38.6 Å². The van der Waals surface area contributed by atoms with Gasteiger partial charge in [0, 0.05) is 37.8 Å². The molecule has 0 aromatic rings. The van der Waals surface area contributed by atoms with Crippen LogP contribution in [0.25, 0.3) is 0 Å². The Kier molecular flexibility index (Phi) is 5.67. The van der Waals surface area contributed by atoms with E-state index in [1.165, 1.54) is 32.2 Å². The number of nitrogens with one attached hydrogen (secondary N) is 1. The zero-order valence-electron chi connectivity index (χ0n) is 13.1. The highest BCUT2D eigenvalue weighted by atomic mass is 16.5. The summed E-state index contributed by atoms with van der Waals surface area (Å²) >= 11 is 0.